The van der Waals surface area contributed by atoms with Gasteiger partial charge >= 0.3 is 13.1 Å². The van der Waals surface area contributed by atoms with Crippen LogP contribution in [0.1, 0.15) is 31.8 Å². The van der Waals surface area contributed by atoms with E-state index in [2.05, 4.69) is 5.32 Å². The van der Waals surface area contributed by atoms with E-state index in [-0.39, 0.29) is 30.0 Å². The van der Waals surface area contributed by atoms with E-state index in [0.29, 0.717) is 12.1 Å². The Bertz CT molecular complexity index is 872. The highest BCUT2D eigenvalue weighted by Gasteiger charge is 2.26. The Kier molecular flexibility index (Phi) is 7.78. The molecule has 29 heavy (non-hydrogen) atoms. The van der Waals surface area contributed by atoms with Gasteiger partial charge in [-0.25, -0.2) is 4.79 Å². The normalized spacial score (nSPS) is 11.9. The lowest BCUT2D eigenvalue weighted by molar-refractivity contribution is 0.0693. The first-order valence-electron chi connectivity index (χ1n) is 9.11. The second-order valence-corrected chi connectivity index (χ2v) is 7.14. The molecule has 0 aromatic heterocycles. The number of rotatable bonds is 9. The molecule has 0 radical (unpaired) electrons. The molecule has 0 bridgehead atoms. The number of phenols is 1. The molecule has 9 heteroatoms. The highest BCUT2D eigenvalue weighted by atomic mass is 16.4. The zero-order chi connectivity index (χ0) is 21.6. The van der Waals surface area contributed by atoms with Gasteiger partial charge in [0.05, 0.1) is 0 Å². The van der Waals surface area contributed by atoms with Crippen molar-refractivity contribution in [2.45, 2.75) is 18.8 Å². The van der Waals surface area contributed by atoms with Crippen LogP contribution in [0.3, 0.4) is 0 Å². The Morgan fingerprint density at radius 3 is 2.45 bits per heavy atom. The van der Waals surface area contributed by atoms with Crippen LogP contribution >= 0.6 is 0 Å². The number of aromatic carboxylic acids is 1. The third-order valence-corrected chi connectivity index (χ3v) is 4.47. The first-order chi connectivity index (χ1) is 13.7. The van der Waals surface area contributed by atoms with Crippen LogP contribution in [-0.4, -0.2) is 64.8 Å². The smallest absolute Gasteiger partial charge is 0.456 e. The molecular formula is C20H25BN2O6. The van der Waals surface area contributed by atoms with E-state index in [1.54, 1.807) is 18.2 Å². The molecule has 0 saturated heterocycles. The molecule has 0 saturated carbocycles. The molecule has 5 N–H and O–H groups in total. The van der Waals surface area contributed by atoms with E-state index in [0.717, 1.165) is 5.56 Å². The van der Waals surface area contributed by atoms with E-state index < -0.39 is 24.7 Å². The van der Waals surface area contributed by atoms with Crippen molar-refractivity contribution in [2.75, 3.05) is 20.6 Å². The summed E-state index contributed by atoms with van der Waals surface area (Å²) < 4.78 is 0. The largest absolute Gasteiger partial charge is 0.507 e. The maximum atomic E-state index is 12.5. The summed E-state index contributed by atoms with van der Waals surface area (Å²) >= 11 is 0. The van der Waals surface area contributed by atoms with Gasteiger partial charge in [0.15, 0.2) is 0 Å². The van der Waals surface area contributed by atoms with Gasteiger partial charge in [-0.3, -0.25) is 4.79 Å². The van der Waals surface area contributed by atoms with E-state index in [1.807, 2.05) is 25.1 Å². The number of carbonyl (C=O) groups is 2. The van der Waals surface area contributed by atoms with Crippen molar-refractivity contribution >= 4 is 19.0 Å². The molecule has 2 aromatic carbocycles. The lowest BCUT2D eigenvalue weighted by Gasteiger charge is -2.18. The monoisotopic (exact) mass is 400 g/mol. The van der Waals surface area contributed by atoms with Crippen molar-refractivity contribution in [3.63, 3.8) is 0 Å². The average molecular weight is 400 g/mol. The number of nitrogens with one attached hydrogen (secondary N) is 1. The van der Waals surface area contributed by atoms with Crippen LogP contribution in [0.15, 0.2) is 42.5 Å². The van der Waals surface area contributed by atoms with Crippen molar-refractivity contribution in [3.05, 3.63) is 64.7 Å². The predicted octanol–water partition coefficient (Wildman–Crippen LogP) is 0.968. The number of hydrogen-bond acceptors (Lipinski definition) is 6. The lowest BCUT2D eigenvalue weighted by Crippen LogP contribution is -2.35. The molecule has 1 amide bonds. The fraction of sp³-hybridized carbons (Fsp3) is 0.300. The molecule has 0 aliphatic carbocycles. The number of aromatic hydroxyl groups is 1. The van der Waals surface area contributed by atoms with Gasteiger partial charge in [0.2, 0.25) is 0 Å². The maximum absolute atomic E-state index is 12.5. The fourth-order valence-corrected chi connectivity index (χ4v) is 3.00. The number of carboxylic acid groups (broad SMARTS) is 1. The van der Waals surface area contributed by atoms with Crippen LogP contribution in [0.5, 0.6) is 5.75 Å². The van der Waals surface area contributed by atoms with E-state index in [4.69, 9.17) is 5.11 Å². The first kappa shape index (κ1) is 22.4. The number of amides is 1. The van der Waals surface area contributed by atoms with Gasteiger partial charge in [-0.15, -0.1) is 0 Å². The second-order valence-electron chi connectivity index (χ2n) is 7.14. The number of benzene rings is 2. The summed E-state index contributed by atoms with van der Waals surface area (Å²) in [6.45, 7) is 0.615. The third-order valence-electron chi connectivity index (χ3n) is 4.47. The van der Waals surface area contributed by atoms with Crippen LogP contribution < -0.4 is 5.32 Å². The van der Waals surface area contributed by atoms with Crippen LogP contribution in [-0.2, 0) is 13.0 Å². The molecule has 2 aromatic rings. The van der Waals surface area contributed by atoms with Crippen molar-refractivity contribution in [3.8, 4) is 5.75 Å². The number of hydrogen-bond donors (Lipinski definition) is 5. The van der Waals surface area contributed by atoms with Crippen LogP contribution in [0.2, 0.25) is 5.82 Å². The van der Waals surface area contributed by atoms with E-state index in [1.165, 1.54) is 18.2 Å². The topological polar surface area (TPSA) is 130 Å². The van der Waals surface area contributed by atoms with Gasteiger partial charge in [-0.2, -0.15) is 0 Å². The average Bonchev–Trinajstić information content (AvgIpc) is 2.65. The van der Waals surface area contributed by atoms with Crippen LogP contribution in [0.25, 0.3) is 0 Å². The first-order valence-corrected chi connectivity index (χ1v) is 9.11. The quantitative estimate of drug-likeness (QED) is 0.397. The molecular weight excluding hydrogens is 375 g/mol. The summed E-state index contributed by atoms with van der Waals surface area (Å²) in [6, 6.07) is 11.4. The number of nitrogens with zero attached hydrogens (tertiary/aromatic N) is 1. The van der Waals surface area contributed by atoms with Crippen molar-refractivity contribution in [1.82, 2.24) is 10.2 Å². The molecule has 2 rings (SSSR count). The summed E-state index contributed by atoms with van der Waals surface area (Å²) in [7, 11) is 2.09. The Morgan fingerprint density at radius 2 is 1.83 bits per heavy atom. The van der Waals surface area contributed by atoms with Gasteiger partial charge in [-0.05, 0) is 49.8 Å². The highest BCUT2D eigenvalue weighted by Crippen LogP contribution is 2.27. The van der Waals surface area contributed by atoms with Gasteiger partial charge in [0.1, 0.15) is 11.3 Å². The Balaban J connectivity index is 2.08. The Morgan fingerprint density at radius 1 is 1.14 bits per heavy atom. The van der Waals surface area contributed by atoms with Gasteiger partial charge in [0, 0.05) is 24.5 Å². The Hall–Kier alpha value is -2.88. The number of para-hydroxylation sites is 1. The highest BCUT2D eigenvalue weighted by molar-refractivity contribution is 6.43. The minimum absolute atomic E-state index is 0.0223. The second kappa shape index (κ2) is 10.1. The summed E-state index contributed by atoms with van der Waals surface area (Å²) in [6.07, 6.45) is -0.0223. The molecule has 0 heterocycles. The molecule has 154 valence electrons. The van der Waals surface area contributed by atoms with Gasteiger partial charge in [-0.1, -0.05) is 24.3 Å². The summed E-state index contributed by atoms with van der Waals surface area (Å²) in [5, 5.41) is 41.2. The lowest BCUT2D eigenvalue weighted by atomic mass is 9.69. The minimum Gasteiger partial charge on any atom is -0.507 e. The maximum Gasteiger partial charge on any atom is 0.456 e. The standard InChI is InChI=1S/C20H25BN2O6/c1-23(2)12-13-5-3-7-15(9-13)19(25)22-11-16(21(28)29)10-14-6-4-8-17(18(14)24)20(26)27/h3-9,16,24,28-29H,10-12H2,1-2H3,(H,22,25)(H,26,27)/t16-/m1/s1. The SMILES string of the molecule is CN(C)Cc1cccc(C(=O)NC[C@@H](Cc2cccc(C(=O)O)c2O)B(O)O)c1. The molecule has 0 fully saturated rings. The molecule has 0 unspecified atom stereocenters. The number of carboxylic acids is 1. The van der Waals surface area contributed by atoms with Crippen molar-refractivity contribution < 1.29 is 29.9 Å². The molecule has 0 aliphatic heterocycles. The molecule has 0 spiro atoms. The third kappa shape index (κ3) is 6.32. The minimum atomic E-state index is -1.76. The fourth-order valence-electron chi connectivity index (χ4n) is 3.00. The summed E-state index contributed by atoms with van der Waals surface area (Å²) in [4.78, 5) is 25.6. The summed E-state index contributed by atoms with van der Waals surface area (Å²) in [5.41, 5.74) is 1.41. The van der Waals surface area contributed by atoms with Gasteiger partial charge in [0.25, 0.3) is 5.91 Å². The van der Waals surface area contributed by atoms with Crippen molar-refractivity contribution in [1.29, 1.82) is 0 Å². The zero-order valence-electron chi connectivity index (χ0n) is 16.4. The number of carbonyl (C=O) groups excluding carboxylic acids is 1. The molecule has 8 nitrogen and oxygen atoms in total. The van der Waals surface area contributed by atoms with Crippen molar-refractivity contribution in [2.24, 2.45) is 0 Å². The molecule has 0 aliphatic rings. The van der Waals surface area contributed by atoms with Crippen LogP contribution in [0.4, 0.5) is 0 Å². The molecule has 1 atom stereocenters. The van der Waals surface area contributed by atoms with E-state index >= 15 is 0 Å². The Labute approximate surface area is 169 Å². The van der Waals surface area contributed by atoms with Gasteiger partial charge < -0.3 is 30.5 Å². The predicted molar refractivity (Wildman–Crippen MR) is 109 cm³/mol. The zero-order valence-corrected chi connectivity index (χ0v) is 16.4. The van der Waals surface area contributed by atoms with Crippen LogP contribution in [0, 0.1) is 0 Å². The summed E-state index contributed by atoms with van der Waals surface area (Å²) in [5.74, 6) is -2.90. The van der Waals surface area contributed by atoms with E-state index in [9.17, 15) is 24.7 Å².